The topological polar surface area (TPSA) is 26.3 Å². The van der Waals surface area contributed by atoms with Crippen LogP contribution < -0.4 is 0 Å². The van der Waals surface area contributed by atoms with E-state index in [0.717, 1.165) is 12.0 Å². The molecule has 1 aromatic rings. The van der Waals surface area contributed by atoms with Gasteiger partial charge in [-0.15, -0.1) is 0 Å². The van der Waals surface area contributed by atoms with Crippen LogP contribution in [0, 0.1) is 5.92 Å². The zero-order valence-electron chi connectivity index (χ0n) is 10.6. The first kappa shape index (κ1) is 14.0. The minimum absolute atomic E-state index is 0.0887. The van der Waals surface area contributed by atoms with Crippen LogP contribution in [-0.4, -0.2) is 12.0 Å². The highest BCUT2D eigenvalue weighted by Gasteiger charge is 2.16. The number of hydrogen-bond acceptors (Lipinski definition) is 2. The molecule has 0 bridgehead atoms. The Morgan fingerprint density at radius 1 is 1.24 bits per heavy atom. The van der Waals surface area contributed by atoms with E-state index < -0.39 is 0 Å². The van der Waals surface area contributed by atoms with Crippen LogP contribution in [0.15, 0.2) is 24.3 Å². The second kappa shape index (κ2) is 6.65. The third-order valence-electron chi connectivity index (χ3n) is 2.67. The van der Waals surface area contributed by atoms with Gasteiger partial charge >= 0.3 is 5.97 Å². The van der Waals surface area contributed by atoms with E-state index in [9.17, 15) is 4.79 Å². The molecule has 0 aliphatic heterocycles. The van der Waals surface area contributed by atoms with Gasteiger partial charge in [-0.05, 0) is 30.4 Å². The fraction of sp³-hybridized carbons (Fsp3) is 0.500. The van der Waals surface area contributed by atoms with Crippen molar-refractivity contribution in [3.63, 3.8) is 0 Å². The van der Waals surface area contributed by atoms with Crippen molar-refractivity contribution < 1.29 is 9.53 Å². The quantitative estimate of drug-likeness (QED) is 0.591. The van der Waals surface area contributed by atoms with Crippen molar-refractivity contribution in [2.45, 2.75) is 33.1 Å². The molecule has 2 nitrogen and oxygen atoms in total. The second-order valence-corrected chi connectivity index (χ2v) is 4.85. The van der Waals surface area contributed by atoms with Gasteiger partial charge < -0.3 is 4.74 Å². The van der Waals surface area contributed by atoms with Crippen LogP contribution in [0.3, 0.4) is 0 Å². The molecule has 1 rings (SSSR count). The average molecular weight is 255 g/mol. The van der Waals surface area contributed by atoms with Crippen LogP contribution in [-0.2, 0) is 16.0 Å². The summed E-state index contributed by atoms with van der Waals surface area (Å²) >= 11 is 5.37. The van der Waals surface area contributed by atoms with Crippen molar-refractivity contribution in [1.82, 2.24) is 0 Å². The molecule has 0 radical (unpaired) electrons. The Balaban J connectivity index is 2.70. The van der Waals surface area contributed by atoms with Crippen LogP contribution in [0.4, 0.5) is 0 Å². The number of hydrogen-bond donors (Lipinski definition) is 0. The Labute approximate surface area is 108 Å². The molecule has 0 aliphatic rings. The van der Waals surface area contributed by atoms with E-state index in [0.29, 0.717) is 5.92 Å². The van der Waals surface area contributed by atoms with Gasteiger partial charge in [0.1, 0.15) is 0 Å². The van der Waals surface area contributed by atoms with E-state index in [2.05, 4.69) is 26.0 Å². The van der Waals surface area contributed by atoms with Gasteiger partial charge in [-0.25, -0.2) is 0 Å². The van der Waals surface area contributed by atoms with E-state index in [1.807, 2.05) is 19.1 Å². The van der Waals surface area contributed by atoms with Crippen LogP contribution in [0.2, 0.25) is 0 Å². The molecule has 17 heavy (non-hydrogen) atoms. The Morgan fingerprint density at radius 2 is 1.82 bits per heavy atom. The molecule has 1 atom stereocenters. The van der Waals surface area contributed by atoms with E-state index in [4.69, 9.17) is 16.3 Å². The van der Waals surface area contributed by atoms with E-state index in [1.54, 1.807) is 0 Å². The van der Waals surface area contributed by atoms with Gasteiger partial charge in [0.15, 0.2) is 6.07 Å². The highest BCUT2D eigenvalue weighted by molar-refractivity contribution is 6.17. The van der Waals surface area contributed by atoms with Gasteiger partial charge in [0.2, 0.25) is 0 Å². The predicted molar refractivity (Wildman–Crippen MR) is 70.2 cm³/mol. The van der Waals surface area contributed by atoms with Crippen LogP contribution in [0.1, 0.15) is 37.8 Å². The summed E-state index contributed by atoms with van der Waals surface area (Å²) in [6.07, 6.45) is 1.06. The molecular weight excluding hydrogens is 236 g/mol. The molecule has 0 fully saturated rings. The zero-order valence-corrected chi connectivity index (χ0v) is 11.3. The van der Waals surface area contributed by atoms with Gasteiger partial charge in [-0.3, -0.25) is 4.79 Å². The Hall–Kier alpha value is -1.02. The van der Waals surface area contributed by atoms with Crippen molar-refractivity contribution in [3.8, 4) is 0 Å². The molecular formula is C14H19ClO2. The third-order valence-corrected chi connectivity index (χ3v) is 2.78. The molecule has 0 amide bonds. The zero-order chi connectivity index (χ0) is 12.8. The molecule has 0 saturated heterocycles. The van der Waals surface area contributed by atoms with Crippen LogP contribution >= 0.6 is 11.6 Å². The number of rotatable bonds is 5. The van der Waals surface area contributed by atoms with Crippen molar-refractivity contribution in [3.05, 3.63) is 35.4 Å². The molecule has 0 heterocycles. The lowest BCUT2D eigenvalue weighted by Gasteiger charge is -2.11. The van der Waals surface area contributed by atoms with Crippen molar-refractivity contribution in [1.29, 1.82) is 0 Å². The summed E-state index contributed by atoms with van der Waals surface area (Å²) in [6.45, 7) is 6.20. The van der Waals surface area contributed by atoms with Crippen LogP contribution in [0.25, 0.3) is 0 Å². The van der Waals surface area contributed by atoms with Crippen molar-refractivity contribution >= 4 is 17.6 Å². The Morgan fingerprint density at radius 3 is 2.29 bits per heavy atom. The maximum absolute atomic E-state index is 11.5. The molecule has 1 aromatic carbocycles. The minimum atomic E-state index is -0.281. The summed E-state index contributed by atoms with van der Waals surface area (Å²) in [6, 6.07) is 8.02. The largest absolute Gasteiger partial charge is 0.449 e. The van der Waals surface area contributed by atoms with Gasteiger partial charge in [0.05, 0.1) is 5.92 Å². The number of ether oxygens (including phenoxy) is 1. The number of benzene rings is 1. The summed E-state index contributed by atoms with van der Waals surface area (Å²) in [5, 5.41) is 0. The summed E-state index contributed by atoms with van der Waals surface area (Å²) < 4.78 is 4.78. The summed E-state index contributed by atoms with van der Waals surface area (Å²) in [5.41, 5.74) is 2.26. The van der Waals surface area contributed by atoms with Gasteiger partial charge in [0.25, 0.3) is 0 Å². The lowest BCUT2D eigenvalue weighted by atomic mass is 9.97. The molecule has 0 spiro atoms. The predicted octanol–water partition coefficient (Wildman–Crippen LogP) is 3.73. The lowest BCUT2D eigenvalue weighted by Crippen LogP contribution is -2.12. The highest BCUT2D eigenvalue weighted by atomic mass is 35.5. The van der Waals surface area contributed by atoms with Crippen LogP contribution in [0.5, 0.6) is 0 Å². The third kappa shape index (κ3) is 4.39. The maximum Gasteiger partial charge on any atom is 0.314 e. The summed E-state index contributed by atoms with van der Waals surface area (Å²) in [7, 11) is 0. The first-order valence-electron chi connectivity index (χ1n) is 5.86. The van der Waals surface area contributed by atoms with Gasteiger partial charge in [0, 0.05) is 0 Å². The molecule has 0 aliphatic carbocycles. The molecule has 0 aromatic heterocycles. The second-order valence-electron chi connectivity index (χ2n) is 4.63. The van der Waals surface area contributed by atoms with E-state index in [1.165, 1.54) is 5.56 Å². The van der Waals surface area contributed by atoms with Gasteiger partial charge in [-0.2, -0.15) is 0 Å². The first-order valence-corrected chi connectivity index (χ1v) is 6.39. The highest BCUT2D eigenvalue weighted by Crippen LogP contribution is 2.18. The Bertz CT molecular complexity index is 357. The fourth-order valence-electron chi connectivity index (χ4n) is 1.73. The van der Waals surface area contributed by atoms with E-state index >= 15 is 0 Å². The maximum atomic E-state index is 11.5. The van der Waals surface area contributed by atoms with E-state index in [-0.39, 0.29) is 18.0 Å². The normalized spacial score (nSPS) is 12.5. The van der Waals surface area contributed by atoms with Gasteiger partial charge in [-0.1, -0.05) is 49.7 Å². The standard InChI is InChI=1S/C14H19ClO2/c1-10(2)8-12-4-6-13(7-5-12)11(3)14(16)17-9-15/h4-7,10-11H,8-9H2,1-3H3. The molecule has 0 N–H and O–H groups in total. The van der Waals surface area contributed by atoms with Crippen molar-refractivity contribution in [2.24, 2.45) is 5.92 Å². The SMILES string of the molecule is CC(C)Cc1ccc(C(C)C(=O)OCCl)cc1. The van der Waals surface area contributed by atoms with Crippen molar-refractivity contribution in [2.75, 3.05) is 6.07 Å². The number of halogens is 1. The number of carbonyl (C=O) groups is 1. The monoisotopic (exact) mass is 254 g/mol. The minimum Gasteiger partial charge on any atom is -0.449 e. The number of alkyl halides is 1. The molecule has 94 valence electrons. The molecule has 0 saturated carbocycles. The summed E-state index contributed by atoms with van der Waals surface area (Å²) in [5.74, 6) is 0.0953. The smallest absolute Gasteiger partial charge is 0.314 e. The first-order chi connectivity index (χ1) is 8.04. The number of esters is 1. The Kier molecular flexibility index (Phi) is 5.49. The fourth-order valence-corrected chi connectivity index (χ4v) is 1.84. The average Bonchev–Trinajstić information content (AvgIpc) is 2.28. The molecule has 3 heteroatoms. The molecule has 1 unspecified atom stereocenters. The summed E-state index contributed by atoms with van der Waals surface area (Å²) in [4.78, 5) is 11.5. The number of carbonyl (C=O) groups excluding carboxylic acids is 1. The lowest BCUT2D eigenvalue weighted by molar-refractivity contribution is -0.142.